The number of carboxylic acids is 1. The van der Waals surface area contributed by atoms with Gasteiger partial charge in [-0.1, -0.05) is 23.2 Å². The Morgan fingerprint density at radius 1 is 1.20 bits per heavy atom. The number of nitrogens with zero attached hydrogens (tertiary/aromatic N) is 1. The molecule has 0 atom stereocenters. The average Bonchev–Trinajstić information content (AvgIpc) is 2.33. The molecule has 0 bridgehead atoms. The van der Waals surface area contributed by atoms with Gasteiger partial charge < -0.3 is 9.84 Å². The maximum Gasteiger partial charge on any atom is 0.341 e. The number of halogens is 2. The molecule has 1 heterocycles. The fourth-order valence-electron chi connectivity index (χ4n) is 1.81. The van der Waals surface area contributed by atoms with Crippen molar-refractivity contribution in [1.82, 2.24) is 4.98 Å². The van der Waals surface area contributed by atoms with Gasteiger partial charge in [-0.05, 0) is 49.2 Å². The van der Waals surface area contributed by atoms with Gasteiger partial charge in [-0.2, -0.15) is 0 Å². The second-order valence-electron chi connectivity index (χ2n) is 4.26. The maximum absolute atomic E-state index is 11.2. The molecule has 0 amide bonds. The monoisotopic (exact) mass is 311 g/mol. The predicted octanol–water partition coefficient (Wildman–Crippen LogP) is 4.50. The van der Waals surface area contributed by atoms with E-state index in [1.165, 1.54) is 12.1 Å². The Morgan fingerprint density at radius 3 is 2.35 bits per heavy atom. The molecule has 2 aromatic rings. The highest BCUT2D eigenvalue weighted by Gasteiger charge is 2.16. The van der Waals surface area contributed by atoms with Crippen molar-refractivity contribution in [2.75, 3.05) is 0 Å². The minimum absolute atomic E-state index is 0.0430. The van der Waals surface area contributed by atoms with E-state index in [-0.39, 0.29) is 16.6 Å². The minimum atomic E-state index is -1.13. The molecule has 0 saturated carbocycles. The third kappa shape index (κ3) is 3.03. The first-order valence-electron chi connectivity index (χ1n) is 5.73. The van der Waals surface area contributed by atoms with Gasteiger partial charge in [-0.25, -0.2) is 9.78 Å². The summed E-state index contributed by atoms with van der Waals surface area (Å²) in [6.45, 7) is 3.64. The van der Waals surface area contributed by atoms with Crippen molar-refractivity contribution < 1.29 is 14.6 Å². The summed E-state index contributed by atoms with van der Waals surface area (Å²) in [5.74, 6) is -0.654. The number of carbonyl (C=O) groups is 1. The largest absolute Gasteiger partial charge is 0.477 e. The molecule has 0 fully saturated rings. The second kappa shape index (κ2) is 5.69. The van der Waals surface area contributed by atoms with Crippen LogP contribution in [0.1, 0.15) is 21.5 Å². The molecule has 0 aliphatic carbocycles. The van der Waals surface area contributed by atoms with Crippen LogP contribution < -0.4 is 4.74 Å². The van der Waals surface area contributed by atoms with Crippen LogP contribution in [-0.2, 0) is 0 Å². The number of benzene rings is 1. The highest BCUT2D eigenvalue weighted by Crippen LogP contribution is 2.32. The topological polar surface area (TPSA) is 59.4 Å². The maximum atomic E-state index is 11.2. The van der Waals surface area contributed by atoms with Crippen LogP contribution in [0.2, 0.25) is 10.2 Å². The Labute approximate surface area is 125 Å². The van der Waals surface area contributed by atoms with E-state index < -0.39 is 5.97 Å². The van der Waals surface area contributed by atoms with Gasteiger partial charge in [0.2, 0.25) is 5.88 Å². The number of carboxylic acid groups (broad SMARTS) is 1. The van der Waals surface area contributed by atoms with Crippen molar-refractivity contribution >= 4 is 29.2 Å². The van der Waals surface area contributed by atoms with Crippen LogP contribution in [-0.4, -0.2) is 16.1 Å². The molecule has 6 heteroatoms. The molecule has 0 aliphatic rings. The van der Waals surface area contributed by atoms with E-state index in [0.717, 1.165) is 11.1 Å². The lowest BCUT2D eigenvalue weighted by Crippen LogP contribution is -2.03. The Kier molecular flexibility index (Phi) is 4.16. The normalized spacial score (nSPS) is 10.4. The molecule has 1 N–H and O–H groups in total. The lowest BCUT2D eigenvalue weighted by atomic mass is 10.1. The third-order valence-corrected chi connectivity index (χ3v) is 3.11. The first kappa shape index (κ1) is 14.6. The average molecular weight is 312 g/mol. The summed E-state index contributed by atoms with van der Waals surface area (Å²) >= 11 is 11.7. The van der Waals surface area contributed by atoms with E-state index >= 15 is 0 Å². The van der Waals surface area contributed by atoms with Gasteiger partial charge >= 0.3 is 5.97 Å². The number of hydrogen-bond donors (Lipinski definition) is 1. The number of aromatic carboxylic acids is 1. The number of aryl methyl sites for hydroxylation is 2. The van der Waals surface area contributed by atoms with E-state index in [0.29, 0.717) is 10.8 Å². The zero-order valence-electron chi connectivity index (χ0n) is 10.8. The molecule has 4 nitrogen and oxygen atoms in total. The van der Waals surface area contributed by atoms with Gasteiger partial charge in [-0.3, -0.25) is 0 Å². The Balaban J connectivity index is 2.50. The zero-order valence-corrected chi connectivity index (χ0v) is 12.3. The van der Waals surface area contributed by atoms with Crippen molar-refractivity contribution in [2.45, 2.75) is 13.8 Å². The first-order valence-corrected chi connectivity index (χ1v) is 6.48. The molecule has 0 aliphatic heterocycles. The fourth-order valence-corrected chi connectivity index (χ4v) is 2.28. The summed E-state index contributed by atoms with van der Waals surface area (Å²) < 4.78 is 5.63. The van der Waals surface area contributed by atoms with Crippen LogP contribution >= 0.6 is 23.2 Å². The van der Waals surface area contributed by atoms with Crippen molar-refractivity contribution in [3.8, 4) is 11.6 Å². The molecule has 20 heavy (non-hydrogen) atoms. The summed E-state index contributed by atoms with van der Waals surface area (Å²) in [5, 5.41) is 9.88. The van der Waals surface area contributed by atoms with Crippen molar-refractivity contribution in [2.24, 2.45) is 0 Å². The van der Waals surface area contributed by atoms with Gasteiger partial charge in [0, 0.05) is 5.02 Å². The summed E-state index contributed by atoms with van der Waals surface area (Å²) in [7, 11) is 0. The van der Waals surface area contributed by atoms with Crippen molar-refractivity contribution in [1.29, 1.82) is 0 Å². The number of aromatic nitrogens is 1. The molecular formula is C14H11Cl2NO3. The van der Waals surface area contributed by atoms with E-state index in [2.05, 4.69) is 4.98 Å². The number of rotatable bonds is 3. The molecule has 0 spiro atoms. The van der Waals surface area contributed by atoms with E-state index in [1.54, 1.807) is 12.1 Å². The number of pyridine rings is 1. The lowest BCUT2D eigenvalue weighted by molar-refractivity contribution is 0.0693. The molecule has 2 rings (SSSR count). The summed E-state index contributed by atoms with van der Waals surface area (Å²) in [4.78, 5) is 15.1. The Morgan fingerprint density at radius 2 is 1.80 bits per heavy atom. The van der Waals surface area contributed by atoms with Crippen LogP contribution in [0.5, 0.6) is 11.6 Å². The molecule has 0 saturated heterocycles. The molecule has 1 aromatic heterocycles. The van der Waals surface area contributed by atoms with Gasteiger partial charge in [0.1, 0.15) is 16.5 Å². The number of ether oxygens (including phenoxy) is 1. The van der Waals surface area contributed by atoms with Crippen LogP contribution in [0, 0.1) is 13.8 Å². The van der Waals surface area contributed by atoms with E-state index in [1.807, 2.05) is 13.8 Å². The van der Waals surface area contributed by atoms with Crippen LogP contribution in [0.15, 0.2) is 24.3 Å². The zero-order chi connectivity index (χ0) is 14.9. The van der Waals surface area contributed by atoms with E-state index in [4.69, 9.17) is 33.0 Å². The predicted molar refractivity (Wildman–Crippen MR) is 77.2 cm³/mol. The first-order chi connectivity index (χ1) is 9.38. The molecule has 0 unspecified atom stereocenters. The highest BCUT2D eigenvalue weighted by molar-refractivity contribution is 6.30. The van der Waals surface area contributed by atoms with Crippen LogP contribution in [0.25, 0.3) is 0 Å². The van der Waals surface area contributed by atoms with Crippen LogP contribution in [0.3, 0.4) is 0 Å². The fraction of sp³-hybridized carbons (Fsp3) is 0.143. The van der Waals surface area contributed by atoms with Gasteiger partial charge in [0.05, 0.1) is 0 Å². The standard InChI is InChI=1S/C14H11Cl2NO3/c1-7-5-9(15)6-8(2)12(7)20-13-10(14(18)19)3-4-11(16)17-13/h3-6H,1-2H3,(H,18,19). The lowest BCUT2D eigenvalue weighted by Gasteiger charge is -2.13. The number of hydrogen-bond acceptors (Lipinski definition) is 3. The molecule has 1 aromatic carbocycles. The second-order valence-corrected chi connectivity index (χ2v) is 5.09. The molecule has 104 valence electrons. The van der Waals surface area contributed by atoms with Gasteiger partial charge in [0.15, 0.2) is 0 Å². The minimum Gasteiger partial charge on any atom is -0.477 e. The molecule has 0 radical (unpaired) electrons. The van der Waals surface area contributed by atoms with E-state index in [9.17, 15) is 4.79 Å². The van der Waals surface area contributed by atoms with Gasteiger partial charge in [-0.15, -0.1) is 0 Å². The third-order valence-electron chi connectivity index (χ3n) is 2.68. The SMILES string of the molecule is Cc1cc(Cl)cc(C)c1Oc1nc(Cl)ccc1C(=O)O. The quantitative estimate of drug-likeness (QED) is 0.848. The van der Waals surface area contributed by atoms with Crippen LogP contribution in [0.4, 0.5) is 0 Å². The van der Waals surface area contributed by atoms with Crippen molar-refractivity contribution in [3.63, 3.8) is 0 Å². The summed E-state index contributed by atoms with van der Waals surface area (Å²) in [6, 6.07) is 6.22. The Bertz CT molecular complexity index is 663. The summed E-state index contributed by atoms with van der Waals surface area (Å²) in [6.07, 6.45) is 0. The van der Waals surface area contributed by atoms with Gasteiger partial charge in [0.25, 0.3) is 0 Å². The smallest absolute Gasteiger partial charge is 0.341 e. The highest BCUT2D eigenvalue weighted by atomic mass is 35.5. The Hall–Kier alpha value is -1.78. The molecular weight excluding hydrogens is 301 g/mol. The van der Waals surface area contributed by atoms with Crippen molar-refractivity contribution in [3.05, 3.63) is 51.1 Å². The summed E-state index contributed by atoms with van der Waals surface area (Å²) in [5.41, 5.74) is 1.52.